The number of nitrogens with zero attached hydrogens (tertiary/aromatic N) is 1. The molecular formula is C19H20N2O2. The van der Waals surface area contributed by atoms with Crippen LogP contribution >= 0.6 is 0 Å². The second-order valence-corrected chi connectivity index (χ2v) is 5.11. The fourth-order valence-corrected chi connectivity index (χ4v) is 2.32. The number of ether oxygens (including phenoxy) is 1. The molecule has 23 heavy (non-hydrogen) atoms. The maximum atomic E-state index is 12.1. The van der Waals surface area contributed by atoms with Gasteiger partial charge in [-0.25, -0.2) is 4.79 Å². The number of esters is 1. The molecular weight excluding hydrogens is 288 g/mol. The van der Waals surface area contributed by atoms with E-state index in [1.165, 1.54) is 0 Å². The molecule has 0 radical (unpaired) electrons. The number of benzene rings is 2. The Balaban J connectivity index is 1.98. The highest BCUT2D eigenvalue weighted by molar-refractivity contribution is 5.77. The molecule has 0 aliphatic carbocycles. The number of nitriles is 1. The average Bonchev–Trinajstić information content (AvgIpc) is 2.60. The van der Waals surface area contributed by atoms with Crippen LogP contribution in [0.25, 0.3) is 0 Å². The molecule has 0 bridgehead atoms. The Morgan fingerprint density at radius 2 is 1.87 bits per heavy atom. The molecule has 2 aromatic carbocycles. The maximum Gasteiger partial charge on any atom is 0.327 e. The lowest BCUT2D eigenvalue weighted by Crippen LogP contribution is -2.31. The van der Waals surface area contributed by atoms with E-state index >= 15 is 0 Å². The summed E-state index contributed by atoms with van der Waals surface area (Å²) < 4.78 is 5.15. The van der Waals surface area contributed by atoms with Gasteiger partial charge in [0.2, 0.25) is 0 Å². The molecule has 0 fully saturated rings. The van der Waals surface area contributed by atoms with Gasteiger partial charge >= 0.3 is 5.97 Å². The van der Waals surface area contributed by atoms with E-state index in [0.29, 0.717) is 18.7 Å². The van der Waals surface area contributed by atoms with Crippen LogP contribution in [0.2, 0.25) is 0 Å². The number of nitrogens with one attached hydrogen (secondary N) is 1. The second-order valence-electron chi connectivity index (χ2n) is 5.11. The molecule has 2 rings (SSSR count). The first kappa shape index (κ1) is 16.7. The maximum absolute atomic E-state index is 12.1. The van der Waals surface area contributed by atoms with Crippen LogP contribution < -0.4 is 5.32 Å². The molecule has 1 N–H and O–H groups in total. The Labute approximate surface area is 136 Å². The SMILES string of the molecule is CCOC(=O)[C@H](NCCc1ccc(C#N)cc1)c1ccccc1. The third-order valence-electron chi connectivity index (χ3n) is 3.50. The Kier molecular flexibility index (Phi) is 6.34. The Morgan fingerprint density at radius 3 is 2.48 bits per heavy atom. The highest BCUT2D eigenvalue weighted by Crippen LogP contribution is 2.14. The van der Waals surface area contributed by atoms with E-state index in [0.717, 1.165) is 17.5 Å². The molecule has 2 aromatic rings. The van der Waals surface area contributed by atoms with E-state index in [1.807, 2.05) is 42.5 Å². The fraction of sp³-hybridized carbons (Fsp3) is 0.263. The monoisotopic (exact) mass is 308 g/mol. The van der Waals surface area contributed by atoms with Gasteiger partial charge in [0.1, 0.15) is 6.04 Å². The highest BCUT2D eigenvalue weighted by Gasteiger charge is 2.20. The largest absolute Gasteiger partial charge is 0.465 e. The van der Waals surface area contributed by atoms with Gasteiger partial charge in [-0.05, 0) is 36.6 Å². The number of hydrogen-bond acceptors (Lipinski definition) is 4. The van der Waals surface area contributed by atoms with Crippen molar-refractivity contribution in [3.05, 3.63) is 71.3 Å². The zero-order chi connectivity index (χ0) is 16.5. The van der Waals surface area contributed by atoms with Crippen LogP contribution in [-0.4, -0.2) is 19.1 Å². The van der Waals surface area contributed by atoms with Crippen LogP contribution in [0.15, 0.2) is 54.6 Å². The first-order chi connectivity index (χ1) is 11.2. The molecule has 0 aliphatic rings. The molecule has 0 aliphatic heterocycles. The van der Waals surface area contributed by atoms with E-state index in [-0.39, 0.29) is 5.97 Å². The topological polar surface area (TPSA) is 62.1 Å². The summed E-state index contributed by atoms with van der Waals surface area (Å²) in [6, 6.07) is 18.7. The smallest absolute Gasteiger partial charge is 0.327 e. The van der Waals surface area contributed by atoms with Crippen molar-refractivity contribution in [3.63, 3.8) is 0 Å². The van der Waals surface area contributed by atoms with Crippen molar-refractivity contribution < 1.29 is 9.53 Å². The predicted octanol–water partition coefficient (Wildman–Crippen LogP) is 2.99. The third-order valence-corrected chi connectivity index (χ3v) is 3.50. The van der Waals surface area contributed by atoms with E-state index in [9.17, 15) is 4.79 Å². The van der Waals surface area contributed by atoms with Crippen molar-refractivity contribution in [2.45, 2.75) is 19.4 Å². The number of carbonyl (C=O) groups excluding carboxylic acids is 1. The lowest BCUT2D eigenvalue weighted by molar-refractivity contribution is -0.145. The second kappa shape index (κ2) is 8.72. The lowest BCUT2D eigenvalue weighted by atomic mass is 10.1. The van der Waals surface area contributed by atoms with E-state index in [1.54, 1.807) is 19.1 Å². The van der Waals surface area contributed by atoms with Crippen LogP contribution in [0, 0.1) is 11.3 Å². The number of hydrogen-bond donors (Lipinski definition) is 1. The van der Waals surface area contributed by atoms with Crippen molar-refractivity contribution in [2.24, 2.45) is 0 Å². The molecule has 0 heterocycles. The molecule has 0 unspecified atom stereocenters. The molecule has 0 saturated heterocycles. The summed E-state index contributed by atoms with van der Waals surface area (Å²) in [4.78, 5) is 12.1. The van der Waals surface area contributed by atoms with E-state index in [2.05, 4.69) is 11.4 Å². The van der Waals surface area contributed by atoms with Crippen LogP contribution in [0.1, 0.15) is 29.7 Å². The zero-order valence-corrected chi connectivity index (χ0v) is 13.2. The van der Waals surface area contributed by atoms with Gasteiger partial charge in [0.05, 0.1) is 18.2 Å². The van der Waals surface area contributed by atoms with Crippen molar-refractivity contribution in [1.29, 1.82) is 5.26 Å². The van der Waals surface area contributed by atoms with Crippen LogP contribution in [0.3, 0.4) is 0 Å². The first-order valence-electron chi connectivity index (χ1n) is 7.68. The van der Waals surface area contributed by atoms with Crippen molar-refractivity contribution in [1.82, 2.24) is 5.32 Å². The van der Waals surface area contributed by atoms with Crippen LogP contribution in [0.5, 0.6) is 0 Å². The van der Waals surface area contributed by atoms with Gasteiger partial charge in [-0.2, -0.15) is 5.26 Å². The summed E-state index contributed by atoms with van der Waals surface area (Å²) in [5.41, 5.74) is 2.66. The minimum atomic E-state index is -0.463. The summed E-state index contributed by atoms with van der Waals surface area (Å²) in [6.07, 6.45) is 0.772. The molecule has 4 nitrogen and oxygen atoms in total. The van der Waals surface area contributed by atoms with Crippen molar-refractivity contribution in [3.8, 4) is 6.07 Å². The normalized spacial score (nSPS) is 11.5. The van der Waals surface area contributed by atoms with Crippen LogP contribution in [0.4, 0.5) is 0 Å². The van der Waals surface area contributed by atoms with E-state index < -0.39 is 6.04 Å². The van der Waals surface area contributed by atoms with Crippen LogP contribution in [-0.2, 0) is 16.0 Å². The Bertz CT molecular complexity index is 660. The zero-order valence-electron chi connectivity index (χ0n) is 13.2. The minimum absolute atomic E-state index is 0.265. The third kappa shape index (κ3) is 4.94. The Hall–Kier alpha value is -2.64. The molecule has 4 heteroatoms. The number of carbonyl (C=O) groups is 1. The summed E-state index contributed by atoms with van der Waals surface area (Å²) >= 11 is 0. The van der Waals surface area contributed by atoms with Crippen molar-refractivity contribution in [2.75, 3.05) is 13.2 Å². The molecule has 0 amide bonds. The van der Waals surface area contributed by atoms with Gasteiger partial charge in [0.15, 0.2) is 0 Å². The average molecular weight is 308 g/mol. The quantitative estimate of drug-likeness (QED) is 0.799. The highest BCUT2D eigenvalue weighted by atomic mass is 16.5. The van der Waals surface area contributed by atoms with Gasteiger partial charge in [-0.3, -0.25) is 0 Å². The molecule has 118 valence electrons. The summed E-state index contributed by atoms with van der Waals surface area (Å²) in [6.45, 7) is 2.81. The molecule has 0 aromatic heterocycles. The standard InChI is InChI=1S/C19H20N2O2/c1-2-23-19(22)18(17-6-4-3-5-7-17)21-13-12-15-8-10-16(14-20)11-9-15/h3-11,18,21H,2,12-13H2,1H3/t18-/m1/s1. The summed E-state index contributed by atoms with van der Waals surface area (Å²) in [5, 5.41) is 12.1. The van der Waals surface area contributed by atoms with E-state index in [4.69, 9.17) is 10.00 Å². The minimum Gasteiger partial charge on any atom is -0.465 e. The first-order valence-corrected chi connectivity index (χ1v) is 7.68. The molecule has 1 atom stereocenters. The summed E-state index contributed by atoms with van der Waals surface area (Å²) in [7, 11) is 0. The number of rotatable bonds is 7. The lowest BCUT2D eigenvalue weighted by Gasteiger charge is -2.17. The van der Waals surface area contributed by atoms with Gasteiger partial charge < -0.3 is 10.1 Å². The fourth-order valence-electron chi connectivity index (χ4n) is 2.32. The Morgan fingerprint density at radius 1 is 1.17 bits per heavy atom. The van der Waals surface area contributed by atoms with Gasteiger partial charge in [-0.15, -0.1) is 0 Å². The van der Waals surface area contributed by atoms with Gasteiger partial charge in [0, 0.05) is 6.54 Å². The van der Waals surface area contributed by atoms with Crippen molar-refractivity contribution >= 4 is 5.97 Å². The predicted molar refractivity (Wildman–Crippen MR) is 88.7 cm³/mol. The van der Waals surface area contributed by atoms with Gasteiger partial charge in [0.25, 0.3) is 0 Å². The summed E-state index contributed by atoms with van der Waals surface area (Å²) in [5.74, 6) is -0.265. The molecule has 0 spiro atoms. The molecule has 0 saturated carbocycles. The van der Waals surface area contributed by atoms with Gasteiger partial charge in [-0.1, -0.05) is 42.5 Å².